The largest absolute Gasteiger partial charge is 0.480 e. The molecular formula is C28H24N2O4. The van der Waals surface area contributed by atoms with Crippen LogP contribution in [0, 0.1) is 6.92 Å². The van der Waals surface area contributed by atoms with Gasteiger partial charge < -0.3 is 9.47 Å². The Kier molecular flexibility index (Phi) is 6.98. The third kappa shape index (κ3) is 5.66. The van der Waals surface area contributed by atoms with E-state index >= 15 is 0 Å². The van der Waals surface area contributed by atoms with Crippen molar-refractivity contribution in [1.82, 2.24) is 5.43 Å². The highest BCUT2D eigenvalue weighted by atomic mass is 16.5. The predicted octanol–water partition coefficient (Wildman–Crippen LogP) is 5.29. The van der Waals surface area contributed by atoms with Crippen LogP contribution in [0.2, 0.25) is 0 Å². The number of hydrogen-bond acceptors (Lipinski definition) is 5. The number of fused-ring (bicyclic) bond motifs is 1. The second kappa shape index (κ2) is 10.4. The molecule has 1 atom stereocenters. The molecule has 0 unspecified atom stereocenters. The molecule has 1 N–H and O–H groups in total. The average molecular weight is 453 g/mol. The van der Waals surface area contributed by atoms with Crippen molar-refractivity contribution in [2.24, 2.45) is 5.10 Å². The second-order valence-corrected chi connectivity index (χ2v) is 7.80. The number of benzene rings is 4. The van der Waals surface area contributed by atoms with Gasteiger partial charge in [0.25, 0.3) is 5.91 Å². The van der Waals surface area contributed by atoms with E-state index < -0.39 is 12.1 Å². The zero-order valence-electron chi connectivity index (χ0n) is 18.9. The molecule has 6 nitrogen and oxygen atoms in total. The van der Waals surface area contributed by atoms with Crippen molar-refractivity contribution in [3.63, 3.8) is 0 Å². The lowest BCUT2D eigenvalue weighted by atomic mass is 10.1. The highest BCUT2D eigenvalue weighted by Gasteiger charge is 2.15. The van der Waals surface area contributed by atoms with E-state index in [2.05, 4.69) is 10.5 Å². The minimum Gasteiger partial charge on any atom is -0.480 e. The lowest BCUT2D eigenvalue weighted by Crippen LogP contribution is -2.33. The highest BCUT2D eigenvalue weighted by Crippen LogP contribution is 2.26. The first-order valence-corrected chi connectivity index (χ1v) is 10.9. The number of hydrogen-bond donors (Lipinski definition) is 1. The summed E-state index contributed by atoms with van der Waals surface area (Å²) in [5.41, 5.74) is 4.78. The van der Waals surface area contributed by atoms with E-state index in [0.717, 1.165) is 21.9 Å². The number of rotatable bonds is 7. The van der Waals surface area contributed by atoms with E-state index in [0.29, 0.717) is 17.1 Å². The maximum atomic E-state index is 12.4. The fraction of sp³-hybridized carbons (Fsp3) is 0.107. The van der Waals surface area contributed by atoms with Gasteiger partial charge in [0.1, 0.15) is 11.5 Å². The zero-order valence-corrected chi connectivity index (χ0v) is 18.9. The third-order valence-electron chi connectivity index (χ3n) is 5.19. The van der Waals surface area contributed by atoms with Crippen LogP contribution in [0.3, 0.4) is 0 Å². The van der Waals surface area contributed by atoms with Gasteiger partial charge in [-0.1, -0.05) is 54.1 Å². The summed E-state index contributed by atoms with van der Waals surface area (Å²) in [7, 11) is 0. The number of ether oxygens (including phenoxy) is 2. The van der Waals surface area contributed by atoms with Gasteiger partial charge in [-0.25, -0.2) is 10.2 Å². The summed E-state index contributed by atoms with van der Waals surface area (Å²) in [6, 6.07) is 27.5. The van der Waals surface area contributed by atoms with Gasteiger partial charge in [-0.15, -0.1) is 0 Å². The molecule has 0 aliphatic rings. The molecule has 170 valence electrons. The Bertz CT molecular complexity index is 1320. The smallest absolute Gasteiger partial charge is 0.343 e. The van der Waals surface area contributed by atoms with Gasteiger partial charge >= 0.3 is 5.97 Å². The molecule has 4 rings (SSSR count). The fourth-order valence-corrected chi connectivity index (χ4v) is 3.28. The molecule has 1 amide bonds. The lowest BCUT2D eigenvalue weighted by molar-refractivity contribution is -0.127. The molecule has 0 spiro atoms. The minimum atomic E-state index is -0.730. The van der Waals surface area contributed by atoms with E-state index in [1.54, 1.807) is 43.3 Å². The molecule has 0 fully saturated rings. The maximum Gasteiger partial charge on any atom is 0.343 e. The first-order valence-electron chi connectivity index (χ1n) is 10.9. The molecule has 0 saturated carbocycles. The van der Waals surface area contributed by atoms with Crippen molar-refractivity contribution in [3.8, 4) is 11.5 Å². The number of aryl methyl sites for hydroxylation is 1. The first kappa shape index (κ1) is 22.7. The Labute approximate surface area is 197 Å². The number of carbonyl (C=O) groups excluding carboxylic acids is 2. The lowest BCUT2D eigenvalue weighted by Gasteiger charge is -2.14. The van der Waals surface area contributed by atoms with Crippen molar-refractivity contribution in [3.05, 3.63) is 108 Å². The molecule has 4 aromatic carbocycles. The van der Waals surface area contributed by atoms with E-state index in [-0.39, 0.29) is 5.91 Å². The van der Waals surface area contributed by atoms with Gasteiger partial charge in [-0.2, -0.15) is 5.10 Å². The average Bonchev–Trinajstić information content (AvgIpc) is 2.85. The number of nitrogens with one attached hydrogen (secondary N) is 1. The number of hydrazone groups is 1. The molecule has 0 bridgehead atoms. The number of nitrogens with zero attached hydrogens (tertiary/aromatic N) is 1. The van der Waals surface area contributed by atoms with Gasteiger partial charge in [0, 0.05) is 5.39 Å². The molecule has 0 aliphatic heterocycles. The number of esters is 1. The summed E-state index contributed by atoms with van der Waals surface area (Å²) in [4.78, 5) is 24.6. The number of carbonyl (C=O) groups is 2. The van der Waals surface area contributed by atoms with Crippen LogP contribution >= 0.6 is 0 Å². The van der Waals surface area contributed by atoms with Crippen LogP contribution in [-0.4, -0.2) is 24.2 Å². The monoisotopic (exact) mass is 452 g/mol. The Balaban J connectivity index is 1.30. The predicted molar refractivity (Wildman–Crippen MR) is 132 cm³/mol. The molecule has 0 aromatic heterocycles. The van der Waals surface area contributed by atoms with Gasteiger partial charge in [-0.3, -0.25) is 4.79 Å². The van der Waals surface area contributed by atoms with Gasteiger partial charge in [-0.05, 0) is 67.3 Å². The topological polar surface area (TPSA) is 77.0 Å². The van der Waals surface area contributed by atoms with Crippen molar-refractivity contribution in [1.29, 1.82) is 0 Å². The quantitative estimate of drug-likeness (QED) is 0.179. The minimum absolute atomic E-state index is 0.368. The Morgan fingerprint density at radius 3 is 2.35 bits per heavy atom. The molecule has 0 saturated heterocycles. The van der Waals surface area contributed by atoms with Crippen molar-refractivity contribution in [2.75, 3.05) is 0 Å². The van der Waals surface area contributed by atoms with E-state index in [9.17, 15) is 9.59 Å². The summed E-state index contributed by atoms with van der Waals surface area (Å²) < 4.78 is 11.2. The van der Waals surface area contributed by atoms with Crippen molar-refractivity contribution >= 4 is 28.9 Å². The highest BCUT2D eigenvalue weighted by molar-refractivity contribution is 5.91. The van der Waals surface area contributed by atoms with Crippen LogP contribution in [0.15, 0.2) is 96.1 Å². The van der Waals surface area contributed by atoms with Crippen LogP contribution in [0.25, 0.3) is 10.8 Å². The molecular weight excluding hydrogens is 428 g/mol. The Morgan fingerprint density at radius 1 is 0.882 bits per heavy atom. The van der Waals surface area contributed by atoms with Gasteiger partial charge in [0.15, 0.2) is 6.10 Å². The molecule has 6 heteroatoms. The number of amides is 1. The molecule has 0 heterocycles. The summed E-state index contributed by atoms with van der Waals surface area (Å²) in [6.07, 6.45) is 0.778. The molecule has 0 radical (unpaired) electrons. The van der Waals surface area contributed by atoms with Crippen LogP contribution in [-0.2, 0) is 4.79 Å². The fourth-order valence-electron chi connectivity index (χ4n) is 3.28. The van der Waals surface area contributed by atoms with Crippen LogP contribution < -0.4 is 14.9 Å². The molecule has 4 aromatic rings. The van der Waals surface area contributed by atoms with E-state index in [1.165, 1.54) is 6.21 Å². The zero-order chi connectivity index (χ0) is 23.9. The second-order valence-electron chi connectivity index (χ2n) is 7.80. The summed E-state index contributed by atoms with van der Waals surface area (Å²) in [5.74, 6) is 0.270. The van der Waals surface area contributed by atoms with Crippen LogP contribution in [0.1, 0.15) is 28.4 Å². The summed E-state index contributed by atoms with van der Waals surface area (Å²) >= 11 is 0. The van der Waals surface area contributed by atoms with Gasteiger partial charge in [0.05, 0.1) is 11.8 Å². The summed E-state index contributed by atoms with van der Waals surface area (Å²) in [6.45, 7) is 3.63. The van der Waals surface area contributed by atoms with Crippen LogP contribution in [0.5, 0.6) is 11.5 Å². The summed E-state index contributed by atoms with van der Waals surface area (Å²) in [5, 5.41) is 5.98. The van der Waals surface area contributed by atoms with Gasteiger partial charge in [0.2, 0.25) is 0 Å². The maximum absolute atomic E-state index is 12.4. The van der Waals surface area contributed by atoms with E-state index in [4.69, 9.17) is 9.47 Å². The standard InChI is InChI=1S/C28H24N2O4/c1-19-10-14-23(15-11-19)28(32)34-24-16-12-21(13-17-24)18-29-30-27(31)20(2)33-26-9-5-7-22-6-3-4-8-25(22)26/h3-18,20H,1-2H3,(H,30,31)/b29-18-/t20-/m0/s1. The first-order chi connectivity index (χ1) is 16.5. The van der Waals surface area contributed by atoms with Crippen molar-refractivity contribution < 1.29 is 19.1 Å². The van der Waals surface area contributed by atoms with Crippen LogP contribution in [0.4, 0.5) is 0 Å². The molecule has 0 aliphatic carbocycles. The third-order valence-corrected chi connectivity index (χ3v) is 5.19. The van der Waals surface area contributed by atoms with E-state index in [1.807, 2.05) is 61.5 Å². The Morgan fingerprint density at radius 2 is 1.59 bits per heavy atom. The van der Waals surface area contributed by atoms with Crippen molar-refractivity contribution in [2.45, 2.75) is 20.0 Å². The Hall–Kier alpha value is -4.45. The normalized spacial score (nSPS) is 11.8. The SMILES string of the molecule is Cc1ccc(C(=O)Oc2ccc(/C=N\NC(=O)[C@H](C)Oc3cccc4ccccc34)cc2)cc1. The molecule has 34 heavy (non-hydrogen) atoms.